The average Bonchev–Trinajstić information content (AvgIpc) is 2.13. The molecule has 0 radical (unpaired) electrons. The summed E-state index contributed by atoms with van der Waals surface area (Å²) in [5.74, 6) is -0.214. The number of nitrogens with zero attached hydrogens (tertiary/aromatic N) is 3. The first kappa shape index (κ1) is 12.7. The SMILES string of the molecule is CN(C)CCN(C)C(=O)CC(N)=NO. The zero-order valence-corrected chi connectivity index (χ0v) is 8.90. The average molecular weight is 202 g/mol. The lowest BCUT2D eigenvalue weighted by Crippen LogP contribution is -2.35. The monoisotopic (exact) mass is 202 g/mol. The Morgan fingerprint density at radius 1 is 1.36 bits per heavy atom. The summed E-state index contributed by atoms with van der Waals surface area (Å²) in [5.41, 5.74) is 5.21. The number of hydrogen-bond acceptors (Lipinski definition) is 4. The predicted molar refractivity (Wildman–Crippen MR) is 54.2 cm³/mol. The van der Waals surface area contributed by atoms with E-state index in [1.54, 1.807) is 11.9 Å². The van der Waals surface area contributed by atoms with Gasteiger partial charge in [-0.05, 0) is 14.1 Å². The van der Waals surface area contributed by atoms with Gasteiger partial charge >= 0.3 is 0 Å². The number of likely N-dealkylation sites (N-methyl/N-ethyl adjacent to an activating group) is 2. The third-order valence-corrected chi connectivity index (χ3v) is 1.77. The van der Waals surface area contributed by atoms with E-state index in [1.165, 1.54) is 0 Å². The van der Waals surface area contributed by atoms with Crippen LogP contribution in [0.3, 0.4) is 0 Å². The van der Waals surface area contributed by atoms with Crippen LogP contribution in [0.25, 0.3) is 0 Å². The van der Waals surface area contributed by atoms with E-state index in [4.69, 9.17) is 10.9 Å². The maximum atomic E-state index is 11.4. The largest absolute Gasteiger partial charge is 0.409 e. The molecule has 0 spiro atoms. The lowest BCUT2D eigenvalue weighted by molar-refractivity contribution is -0.128. The summed E-state index contributed by atoms with van der Waals surface area (Å²) >= 11 is 0. The molecule has 0 heterocycles. The maximum absolute atomic E-state index is 11.4. The fourth-order valence-electron chi connectivity index (χ4n) is 0.800. The van der Waals surface area contributed by atoms with Crippen molar-refractivity contribution in [1.82, 2.24) is 9.80 Å². The molecule has 6 heteroatoms. The zero-order valence-electron chi connectivity index (χ0n) is 8.90. The lowest BCUT2D eigenvalue weighted by atomic mass is 10.3. The van der Waals surface area contributed by atoms with Crippen molar-refractivity contribution in [2.75, 3.05) is 34.2 Å². The van der Waals surface area contributed by atoms with Crippen molar-refractivity contribution in [1.29, 1.82) is 0 Å². The van der Waals surface area contributed by atoms with Crippen molar-refractivity contribution in [3.05, 3.63) is 0 Å². The van der Waals surface area contributed by atoms with E-state index in [1.807, 2.05) is 19.0 Å². The van der Waals surface area contributed by atoms with Gasteiger partial charge in [-0.15, -0.1) is 0 Å². The smallest absolute Gasteiger partial charge is 0.230 e. The van der Waals surface area contributed by atoms with Crippen LogP contribution < -0.4 is 5.73 Å². The number of hydrogen-bond donors (Lipinski definition) is 2. The van der Waals surface area contributed by atoms with Crippen LogP contribution in [-0.4, -0.2) is 61.0 Å². The Hall–Kier alpha value is -1.30. The standard InChI is InChI=1S/C8H18N4O2/c1-11(2)4-5-12(3)8(13)6-7(9)10-14/h14H,4-6H2,1-3H3,(H2,9,10). The van der Waals surface area contributed by atoms with E-state index < -0.39 is 0 Å². The molecule has 0 aromatic carbocycles. The summed E-state index contributed by atoms with van der Waals surface area (Å²) in [5, 5.41) is 11.0. The highest BCUT2D eigenvalue weighted by molar-refractivity contribution is 5.98. The Morgan fingerprint density at radius 3 is 2.36 bits per heavy atom. The van der Waals surface area contributed by atoms with Crippen LogP contribution in [0.15, 0.2) is 5.16 Å². The Bertz CT molecular complexity index is 215. The minimum absolute atomic E-state index is 0.0412. The number of rotatable bonds is 5. The molecule has 0 saturated heterocycles. The van der Waals surface area contributed by atoms with Crippen LogP contribution in [0.4, 0.5) is 0 Å². The van der Waals surface area contributed by atoms with E-state index >= 15 is 0 Å². The molecule has 0 aromatic rings. The van der Waals surface area contributed by atoms with E-state index in [0.717, 1.165) is 6.54 Å². The number of amides is 1. The van der Waals surface area contributed by atoms with Gasteiger partial charge in [0.1, 0.15) is 5.84 Å². The molecular formula is C8H18N4O2. The molecule has 0 aliphatic rings. The van der Waals surface area contributed by atoms with E-state index in [9.17, 15) is 4.79 Å². The highest BCUT2D eigenvalue weighted by Crippen LogP contribution is 1.91. The van der Waals surface area contributed by atoms with Crippen LogP contribution in [0.1, 0.15) is 6.42 Å². The Labute approximate surface area is 84.0 Å². The summed E-state index contributed by atoms with van der Waals surface area (Å²) in [6, 6.07) is 0. The first-order valence-corrected chi connectivity index (χ1v) is 4.32. The lowest BCUT2D eigenvalue weighted by Gasteiger charge is -2.19. The summed E-state index contributed by atoms with van der Waals surface area (Å²) in [7, 11) is 5.56. The summed E-state index contributed by atoms with van der Waals surface area (Å²) in [4.78, 5) is 14.9. The Balaban J connectivity index is 3.88. The molecule has 82 valence electrons. The van der Waals surface area contributed by atoms with Gasteiger partial charge in [0, 0.05) is 20.1 Å². The van der Waals surface area contributed by atoms with E-state index in [0.29, 0.717) is 6.54 Å². The molecule has 0 rings (SSSR count). The minimum atomic E-state index is -0.151. The minimum Gasteiger partial charge on any atom is -0.409 e. The zero-order chi connectivity index (χ0) is 11.1. The maximum Gasteiger partial charge on any atom is 0.230 e. The van der Waals surface area contributed by atoms with Gasteiger partial charge in [-0.2, -0.15) is 0 Å². The highest BCUT2D eigenvalue weighted by atomic mass is 16.4. The van der Waals surface area contributed by atoms with Crippen LogP contribution in [0.5, 0.6) is 0 Å². The van der Waals surface area contributed by atoms with Gasteiger partial charge in [-0.3, -0.25) is 4.79 Å². The summed E-state index contributed by atoms with van der Waals surface area (Å²) < 4.78 is 0. The van der Waals surface area contributed by atoms with Crippen LogP contribution in [0.2, 0.25) is 0 Å². The van der Waals surface area contributed by atoms with Gasteiger partial charge in [0.15, 0.2) is 0 Å². The van der Waals surface area contributed by atoms with Crippen LogP contribution >= 0.6 is 0 Å². The quantitative estimate of drug-likeness (QED) is 0.263. The van der Waals surface area contributed by atoms with Crippen molar-refractivity contribution in [2.24, 2.45) is 10.9 Å². The second kappa shape index (κ2) is 6.20. The molecule has 0 bridgehead atoms. The number of carbonyl (C=O) groups is 1. The van der Waals surface area contributed by atoms with Crippen molar-refractivity contribution in [3.63, 3.8) is 0 Å². The first-order chi connectivity index (χ1) is 6.47. The van der Waals surface area contributed by atoms with Crippen molar-refractivity contribution in [3.8, 4) is 0 Å². The van der Waals surface area contributed by atoms with E-state index in [2.05, 4.69) is 5.16 Å². The van der Waals surface area contributed by atoms with Gasteiger partial charge in [-0.25, -0.2) is 0 Å². The predicted octanol–water partition coefficient (Wildman–Crippen LogP) is -0.857. The second-order valence-corrected chi connectivity index (χ2v) is 3.39. The molecule has 0 fully saturated rings. The molecule has 0 aliphatic carbocycles. The molecule has 0 unspecified atom stereocenters. The normalized spacial score (nSPS) is 11.9. The van der Waals surface area contributed by atoms with Crippen LogP contribution in [0, 0.1) is 0 Å². The first-order valence-electron chi connectivity index (χ1n) is 4.32. The molecule has 0 saturated carbocycles. The number of nitrogens with two attached hydrogens (primary N) is 1. The fourth-order valence-corrected chi connectivity index (χ4v) is 0.800. The van der Waals surface area contributed by atoms with Crippen molar-refractivity contribution in [2.45, 2.75) is 6.42 Å². The van der Waals surface area contributed by atoms with Crippen LogP contribution in [-0.2, 0) is 4.79 Å². The number of amidine groups is 1. The summed E-state index contributed by atoms with van der Waals surface area (Å²) in [6.07, 6.45) is -0.0412. The molecule has 0 aromatic heterocycles. The number of oxime groups is 1. The van der Waals surface area contributed by atoms with Crippen molar-refractivity contribution < 1.29 is 10.0 Å². The van der Waals surface area contributed by atoms with Gasteiger partial charge in [0.05, 0.1) is 6.42 Å². The molecule has 6 nitrogen and oxygen atoms in total. The third-order valence-electron chi connectivity index (χ3n) is 1.77. The van der Waals surface area contributed by atoms with Gasteiger partial charge in [-0.1, -0.05) is 5.16 Å². The van der Waals surface area contributed by atoms with Gasteiger partial charge < -0.3 is 20.7 Å². The molecule has 0 atom stereocenters. The summed E-state index contributed by atoms with van der Waals surface area (Å²) in [6.45, 7) is 1.42. The van der Waals surface area contributed by atoms with Crippen molar-refractivity contribution >= 4 is 11.7 Å². The molecule has 0 aliphatic heterocycles. The topological polar surface area (TPSA) is 82.2 Å². The molecule has 1 amide bonds. The van der Waals surface area contributed by atoms with E-state index in [-0.39, 0.29) is 18.2 Å². The Morgan fingerprint density at radius 2 is 1.93 bits per heavy atom. The molecule has 3 N–H and O–H groups in total. The number of carbonyl (C=O) groups excluding carboxylic acids is 1. The second-order valence-electron chi connectivity index (χ2n) is 3.39. The van der Waals surface area contributed by atoms with Gasteiger partial charge in [0.25, 0.3) is 0 Å². The fraction of sp³-hybridized carbons (Fsp3) is 0.750. The molecule has 14 heavy (non-hydrogen) atoms. The molecular weight excluding hydrogens is 184 g/mol. The third kappa shape index (κ3) is 5.36. The van der Waals surface area contributed by atoms with Gasteiger partial charge in [0.2, 0.25) is 5.91 Å². The Kier molecular flexibility index (Phi) is 5.62. The highest BCUT2D eigenvalue weighted by Gasteiger charge is 2.10.